The van der Waals surface area contributed by atoms with Gasteiger partial charge in [-0.15, -0.1) is 0 Å². The molecule has 6 nitrogen and oxygen atoms in total. The van der Waals surface area contributed by atoms with Gasteiger partial charge in [-0.1, -0.05) is 11.6 Å². The van der Waals surface area contributed by atoms with E-state index in [2.05, 4.69) is 5.32 Å². The summed E-state index contributed by atoms with van der Waals surface area (Å²) in [6.07, 6.45) is 0. The number of anilines is 1. The second-order valence-corrected chi connectivity index (χ2v) is 4.18. The van der Waals surface area contributed by atoms with Gasteiger partial charge in [0.15, 0.2) is 0 Å². The molecule has 0 aliphatic heterocycles. The molecule has 0 radical (unpaired) electrons. The number of hydrogen-bond acceptors (Lipinski definition) is 4. The van der Waals surface area contributed by atoms with E-state index in [4.69, 9.17) is 17.3 Å². The molecule has 7 heteroatoms. The third-order valence-electron chi connectivity index (χ3n) is 1.99. The fourth-order valence-electron chi connectivity index (χ4n) is 1.23. The molecule has 0 saturated heterocycles. The van der Waals surface area contributed by atoms with Crippen molar-refractivity contribution in [1.82, 2.24) is 5.32 Å². The predicted octanol–water partition coefficient (Wildman–Crippen LogP) is 1.97. The third kappa shape index (κ3) is 3.07. The molecule has 0 aromatic heterocycles. The molecule has 1 amide bonds. The number of amides is 1. The van der Waals surface area contributed by atoms with Gasteiger partial charge in [0.2, 0.25) is 0 Å². The standard InChI is InChI=1S/C10H12ClN3O3/c1-5(2)13-10(15)6-3-7(11)9(12)8(4-6)14(16)17/h3-5H,12H2,1-2H3,(H,13,15). The highest BCUT2D eigenvalue weighted by Gasteiger charge is 2.19. The highest BCUT2D eigenvalue weighted by molar-refractivity contribution is 6.34. The lowest BCUT2D eigenvalue weighted by Crippen LogP contribution is -2.30. The Hall–Kier alpha value is -1.82. The van der Waals surface area contributed by atoms with Gasteiger partial charge < -0.3 is 11.1 Å². The van der Waals surface area contributed by atoms with Gasteiger partial charge in [0.05, 0.1) is 9.95 Å². The Morgan fingerprint density at radius 2 is 2.12 bits per heavy atom. The molecule has 92 valence electrons. The number of nitro benzene ring substituents is 1. The molecule has 0 unspecified atom stereocenters. The lowest BCUT2D eigenvalue weighted by Gasteiger charge is -2.09. The van der Waals surface area contributed by atoms with Crippen molar-refractivity contribution >= 4 is 28.9 Å². The Bertz CT molecular complexity index is 474. The van der Waals surface area contributed by atoms with Crippen LogP contribution in [0.4, 0.5) is 11.4 Å². The summed E-state index contributed by atoms with van der Waals surface area (Å²) < 4.78 is 0. The summed E-state index contributed by atoms with van der Waals surface area (Å²) in [4.78, 5) is 21.7. The van der Waals surface area contributed by atoms with E-state index >= 15 is 0 Å². The van der Waals surface area contributed by atoms with E-state index < -0.39 is 10.8 Å². The van der Waals surface area contributed by atoms with E-state index in [1.807, 2.05) is 0 Å². The minimum atomic E-state index is -0.673. The smallest absolute Gasteiger partial charge is 0.294 e. The summed E-state index contributed by atoms with van der Waals surface area (Å²) >= 11 is 5.73. The van der Waals surface area contributed by atoms with Crippen molar-refractivity contribution in [3.8, 4) is 0 Å². The maximum Gasteiger partial charge on any atom is 0.294 e. The Balaban J connectivity index is 3.19. The van der Waals surface area contributed by atoms with E-state index in [0.717, 1.165) is 6.07 Å². The number of hydrogen-bond donors (Lipinski definition) is 2. The third-order valence-corrected chi connectivity index (χ3v) is 2.30. The lowest BCUT2D eigenvalue weighted by molar-refractivity contribution is -0.383. The van der Waals surface area contributed by atoms with Crippen molar-refractivity contribution in [1.29, 1.82) is 0 Å². The highest BCUT2D eigenvalue weighted by Crippen LogP contribution is 2.30. The van der Waals surface area contributed by atoms with Crippen LogP contribution in [0.15, 0.2) is 12.1 Å². The van der Waals surface area contributed by atoms with E-state index in [1.165, 1.54) is 6.07 Å². The summed E-state index contributed by atoms with van der Waals surface area (Å²) in [7, 11) is 0. The van der Waals surface area contributed by atoms with Crippen molar-refractivity contribution in [3.05, 3.63) is 32.8 Å². The minimum Gasteiger partial charge on any atom is -0.392 e. The van der Waals surface area contributed by atoms with Gasteiger partial charge in [0.1, 0.15) is 5.69 Å². The fourth-order valence-corrected chi connectivity index (χ4v) is 1.45. The van der Waals surface area contributed by atoms with Gasteiger partial charge in [-0.05, 0) is 19.9 Å². The van der Waals surface area contributed by atoms with Gasteiger partial charge in [0.25, 0.3) is 11.6 Å². The Labute approximate surface area is 103 Å². The SMILES string of the molecule is CC(C)NC(=O)c1cc(Cl)c(N)c([N+](=O)[O-])c1. The Morgan fingerprint density at radius 1 is 1.53 bits per heavy atom. The summed E-state index contributed by atoms with van der Waals surface area (Å²) in [5, 5.41) is 13.3. The van der Waals surface area contributed by atoms with E-state index in [-0.39, 0.29) is 28.0 Å². The summed E-state index contributed by atoms with van der Waals surface area (Å²) in [6, 6.07) is 2.35. The van der Waals surface area contributed by atoms with Crippen LogP contribution in [0.2, 0.25) is 5.02 Å². The first kappa shape index (κ1) is 13.2. The first-order valence-electron chi connectivity index (χ1n) is 4.87. The quantitative estimate of drug-likeness (QED) is 0.491. The van der Waals surface area contributed by atoms with E-state index in [1.54, 1.807) is 13.8 Å². The molecule has 0 saturated carbocycles. The van der Waals surface area contributed by atoms with Crippen LogP contribution in [0.1, 0.15) is 24.2 Å². The molecule has 0 aliphatic rings. The van der Waals surface area contributed by atoms with Gasteiger partial charge >= 0.3 is 0 Å². The molecule has 1 aromatic carbocycles. The molecule has 17 heavy (non-hydrogen) atoms. The highest BCUT2D eigenvalue weighted by atomic mass is 35.5. The number of nitrogens with two attached hydrogens (primary N) is 1. The van der Waals surface area contributed by atoms with Crippen LogP contribution in [0, 0.1) is 10.1 Å². The number of halogens is 1. The Morgan fingerprint density at radius 3 is 2.59 bits per heavy atom. The van der Waals surface area contributed by atoms with Crippen molar-refractivity contribution in [2.24, 2.45) is 0 Å². The molecule has 0 spiro atoms. The van der Waals surface area contributed by atoms with E-state index in [9.17, 15) is 14.9 Å². The average Bonchev–Trinajstić information content (AvgIpc) is 2.20. The van der Waals surface area contributed by atoms with Gasteiger partial charge in [0, 0.05) is 17.7 Å². The molecule has 0 atom stereocenters. The van der Waals surface area contributed by atoms with Crippen molar-refractivity contribution in [2.75, 3.05) is 5.73 Å². The molecule has 1 aromatic rings. The number of rotatable bonds is 3. The maximum absolute atomic E-state index is 11.7. The number of nitrogens with one attached hydrogen (secondary N) is 1. The molecule has 3 N–H and O–H groups in total. The number of nitro groups is 1. The molecule has 0 fully saturated rings. The van der Waals surface area contributed by atoms with Crippen LogP contribution in [0.3, 0.4) is 0 Å². The normalized spacial score (nSPS) is 10.4. The first-order chi connectivity index (χ1) is 7.82. The number of nitrogens with zero attached hydrogens (tertiary/aromatic N) is 1. The number of benzene rings is 1. The minimum absolute atomic E-state index is 0.00638. The molecule has 0 bridgehead atoms. The van der Waals surface area contributed by atoms with Crippen molar-refractivity contribution < 1.29 is 9.72 Å². The van der Waals surface area contributed by atoms with Gasteiger partial charge in [-0.2, -0.15) is 0 Å². The number of carbonyl (C=O) groups is 1. The molecule has 1 rings (SSSR count). The first-order valence-corrected chi connectivity index (χ1v) is 5.25. The molecule has 0 aliphatic carbocycles. The zero-order valence-electron chi connectivity index (χ0n) is 9.36. The van der Waals surface area contributed by atoms with E-state index in [0.29, 0.717) is 0 Å². The maximum atomic E-state index is 11.7. The van der Waals surface area contributed by atoms with Crippen LogP contribution < -0.4 is 11.1 Å². The van der Waals surface area contributed by atoms with Crippen LogP contribution in [-0.4, -0.2) is 16.9 Å². The van der Waals surface area contributed by atoms with Gasteiger partial charge in [-0.3, -0.25) is 14.9 Å². The van der Waals surface area contributed by atoms with Crippen molar-refractivity contribution in [2.45, 2.75) is 19.9 Å². The topological polar surface area (TPSA) is 98.3 Å². The van der Waals surface area contributed by atoms with Gasteiger partial charge in [-0.25, -0.2) is 0 Å². The Kier molecular flexibility index (Phi) is 3.90. The molecular formula is C10H12ClN3O3. The summed E-state index contributed by atoms with van der Waals surface area (Å²) in [5.74, 6) is -0.426. The lowest BCUT2D eigenvalue weighted by atomic mass is 10.1. The second kappa shape index (κ2) is 5.01. The van der Waals surface area contributed by atoms with Crippen LogP contribution in [-0.2, 0) is 0 Å². The zero-order valence-corrected chi connectivity index (χ0v) is 10.1. The summed E-state index contributed by atoms with van der Waals surface area (Å²) in [5.41, 5.74) is 5.05. The predicted molar refractivity (Wildman–Crippen MR) is 65.1 cm³/mol. The fraction of sp³-hybridized carbons (Fsp3) is 0.300. The van der Waals surface area contributed by atoms with Crippen LogP contribution in [0.5, 0.6) is 0 Å². The molecular weight excluding hydrogens is 246 g/mol. The van der Waals surface area contributed by atoms with Crippen molar-refractivity contribution in [3.63, 3.8) is 0 Å². The average molecular weight is 258 g/mol. The van der Waals surface area contributed by atoms with Crippen LogP contribution >= 0.6 is 11.6 Å². The largest absolute Gasteiger partial charge is 0.392 e. The summed E-state index contributed by atoms with van der Waals surface area (Å²) in [6.45, 7) is 3.57. The number of nitrogen functional groups attached to an aromatic ring is 1. The monoisotopic (exact) mass is 257 g/mol. The zero-order chi connectivity index (χ0) is 13.2. The molecule has 0 heterocycles. The van der Waals surface area contributed by atoms with Crippen LogP contribution in [0.25, 0.3) is 0 Å². The second-order valence-electron chi connectivity index (χ2n) is 3.78. The number of carbonyl (C=O) groups excluding carboxylic acids is 1.